The van der Waals surface area contributed by atoms with Gasteiger partial charge in [0, 0.05) is 20.9 Å². The minimum Gasteiger partial charge on any atom is -0.306 e. The Labute approximate surface area is 198 Å². The highest BCUT2D eigenvalue weighted by atomic mass is 79.9. The Hall–Kier alpha value is -1.93. The maximum Gasteiger partial charge on any atom is 0.339 e. The lowest BCUT2D eigenvalue weighted by Gasteiger charge is -2.32. The summed E-state index contributed by atoms with van der Waals surface area (Å²) in [4.78, 5) is 42.6. The normalized spacial score (nSPS) is 23.7. The molecule has 2 atom stereocenters. The highest BCUT2D eigenvalue weighted by molar-refractivity contribution is 9.10. The first-order valence-electron chi connectivity index (χ1n) is 9.87. The lowest BCUT2D eigenvalue weighted by atomic mass is 9.90. The van der Waals surface area contributed by atoms with E-state index >= 15 is 0 Å². The van der Waals surface area contributed by atoms with Crippen molar-refractivity contribution in [3.63, 3.8) is 0 Å². The van der Waals surface area contributed by atoms with Crippen LogP contribution in [0, 0.1) is 0 Å². The van der Waals surface area contributed by atoms with E-state index in [2.05, 4.69) is 21.2 Å². The molecule has 2 aromatic rings. The average molecular weight is 525 g/mol. The van der Waals surface area contributed by atoms with Crippen LogP contribution in [-0.2, 0) is 16.0 Å². The van der Waals surface area contributed by atoms with Crippen molar-refractivity contribution in [2.75, 3.05) is 11.4 Å². The van der Waals surface area contributed by atoms with Crippen LogP contribution < -0.4 is 10.2 Å². The van der Waals surface area contributed by atoms with Crippen molar-refractivity contribution in [1.82, 2.24) is 10.2 Å². The summed E-state index contributed by atoms with van der Waals surface area (Å²) in [6, 6.07) is 10.8. The van der Waals surface area contributed by atoms with E-state index in [-0.39, 0.29) is 12.1 Å². The van der Waals surface area contributed by atoms with Gasteiger partial charge in [-0.3, -0.25) is 9.59 Å². The van der Waals surface area contributed by atoms with Gasteiger partial charge in [0.05, 0.1) is 11.7 Å². The minimum atomic E-state index is -1.39. The van der Waals surface area contributed by atoms with Crippen LogP contribution in [0.3, 0.4) is 0 Å². The van der Waals surface area contributed by atoms with Crippen LogP contribution in [0.5, 0.6) is 0 Å². The summed E-state index contributed by atoms with van der Waals surface area (Å²) in [6.45, 7) is 2.33. The number of benzene rings is 2. The summed E-state index contributed by atoms with van der Waals surface area (Å²) in [5.41, 5.74) is -0.319. The van der Waals surface area contributed by atoms with Crippen LogP contribution in [-0.4, -0.2) is 40.9 Å². The molecule has 162 valence electrons. The Morgan fingerprint density at radius 1 is 1.16 bits per heavy atom. The molecule has 4 amide bonds. The number of hydrogen-bond donors (Lipinski definition) is 1. The second-order valence-corrected chi connectivity index (χ2v) is 9.74. The molecule has 0 saturated carbocycles. The molecule has 0 aliphatic carbocycles. The third-order valence-electron chi connectivity index (χ3n) is 5.69. The lowest BCUT2D eigenvalue weighted by molar-refractivity contribution is -0.138. The maximum absolute atomic E-state index is 13.7. The summed E-state index contributed by atoms with van der Waals surface area (Å²) in [7, 11) is 0. The Bertz CT molecular complexity index is 1040. The van der Waals surface area contributed by atoms with Crippen molar-refractivity contribution < 1.29 is 14.4 Å². The molecule has 0 radical (unpaired) electrons. The van der Waals surface area contributed by atoms with Gasteiger partial charge >= 0.3 is 6.03 Å². The van der Waals surface area contributed by atoms with Crippen LogP contribution in [0.25, 0.3) is 0 Å². The number of carbonyl (C=O) groups excluding carboxylic acids is 3. The number of carbonyl (C=O) groups is 3. The molecule has 0 unspecified atom stereocenters. The molecule has 2 aromatic carbocycles. The molecule has 0 bridgehead atoms. The lowest BCUT2D eigenvalue weighted by Crippen LogP contribution is -2.56. The highest BCUT2D eigenvalue weighted by Gasteiger charge is 2.58. The summed E-state index contributed by atoms with van der Waals surface area (Å²) in [5.74, 6) is -0.892. The summed E-state index contributed by atoms with van der Waals surface area (Å²) in [6.07, 6.45) is 1.64. The standard InChI is InChI=1S/C22H20BrCl2N3O3/c1-22(12-13-4-6-14(23)7-5-13)20(30)27(17-10-15(24)9-16(25)11-17)21(31)28(22)19(29)18-3-2-8-26-18/h4-7,9-11,18,26H,2-3,8,12H2,1H3/t18-,22-/m1/s1. The van der Waals surface area contributed by atoms with Crippen molar-refractivity contribution in [3.8, 4) is 0 Å². The second-order valence-electron chi connectivity index (χ2n) is 7.95. The Balaban J connectivity index is 1.78. The zero-order chi connectivity index (χ0) is 22.3. The van der Waals surface area contributed by atoms with Gasteiger partial charge in [0.25, 0.3) is 5.91 Å². The van der Waals surface area contributed by atoms with Gasteiger partial charge in [0.1, 0.15) is 5.54 Å². The Morgan fingerprint density at radius 2 is 1.81 bits per heavy atom. The predicted molar refractivity (Wildman–Crippen MR) is 123 cm³/mol. The number of imide groups is 2. The van der Waals surface area contributed by atoms with Crippen molar-refractivity contribution in [2.45, 2.75) is 37.8 Å². The van der Waals surface area contributed by atoms with E-state index in [1.807, 2.05) is 24.3 Å². The fourth-order valence-electron chi connectivity index (χ4n) is 4.17. The van der Waals surface area contributed by atoms with Crippen molar-refractivity contribution >= 4 is 62.7 Å². The molecular weight excluding hydrogens is 505 g/mol. The predicted octanol–water partition coefficient (Wildman–Crippen LogP) is 4.80. The molecule has 2 saturated heterocycles. The molecule has 31 heavy (non-hydrogen) atoms. The molecule has 1 N–H and O–H groups in total. The molecule has 2 fully saturated rings. The first-order chi connectivity index (χ1) is 14.7. The topological polar surface area (TPSA) is 69.7 Å². The zero-order valence-electron chi connectivity index (χ0n) is 16.7. The van der Waals surface area contributed by atoms with Crippen LogP contribution >= 0.6 is 39.1 Å². The van der Waals surface area contributed by atoms with E-state index in [0.29, 0.717) is 23.0 Å². The van der Waals surface area contributed by atoms with Crippen molar-refractivity contribution in [3.05, 3.63) is 62.5 Å². The van der Waals surface area contributed by atoms with Crippen LogP contribution in [0.4, 0.5) is 10.5 Å². The number of hydrogen-bond acceptors (Lipinski definition) is 4. The summed E-state index contributed by atoms with van der Waals surface area (Å²) in [5, 5.41) is 3.71. The van der Waals surface area contributed by atoms with Crippen LogP contribution in [0.2, 0.25) is 10.0 Å². The third kappa shape index (κ3) is 4.12. The fourth-order valence-corrected chi connectivity index (χ4v) is 4.95. The van der Waals surface area contributed by atoms with E-state index < -0.39 is 29.4 Å². The molecule has 2 aliphatic rings. The van der Waals surface area contributed by atoms with Gasteiger partial charge in [-0.05, 0) is 62.2 Å². The monoisotopic (exact) mass is 523 g/mol. The Kier molecular flexibility index (Phi) is 6.14. The first-order valence-corrected chi connectivity index (χ1v) is 11.4. The first kappa shape index (κ1) is 22.3. The number of amides is 4. The molecular formula is C22H20BrCl2N3O3. The molecule has 0 spiro atoms. The number of nitrogens with zero attached hydrogens (tertiary/aromatic N) is 2. The quantitative estimate of drug-likeness (QED) is 0.583. The number of halogens is 3. The average Bonchev–Trinajstić information content (AvgIpc) is 3.29. The molecule has 4 rings (SSSR count). The second kappa shape index (κ2) is 8.54. The van der Waals surface area contributed by atoms with Gasteiger partial charge in [0.2, 0.25) is 5.91 Å². The van der Waals surface area contributed by atoms with Crippen LogP contribution in [0.1, 0.15) is 25.3 Å². The maximum atomic E-state index is 13.7. The molecule has 6 nitrogen and oxygen atoms in total. The zero-order valence-corrected chi connectivity index (χ0v) is 19.8. The van der Waals surface area contributed by atoms with Gasteiger partial charge < -0.3 is 5.32 Å². The smallest absolute Gasteiger partial charge is 0.306 e. The van der Waals surface area contributed by atoms with E-state index in [0.717, 1.165) is 26.3 Å². The molecule has 9 heteroatoms. The Morgan fingerprint density at radius 3 is 2.39 bits per heavy atom. The number of urea groups is 1. The van der Waals surface area contributed by atoms with Gasteiger partial charge in [0.15, 0.2) is 0 Å². The van der Waals surface area contributed by atoms with E-state index in [1.54, 1.807) is 6.92 Å². The SMILES string of the molecule is C[C@@]1(Cc2ccc(Br)cc2)C(=O)N(c2cc(Cl)cc(Cl)c2)C(=O)N1C(=O)[C@H]1CCCN1. The van der Waals surface area contributed by atoms with Gasteiger partial charge in [-0.2, -0.15) is 0 Å². The summed E-state index contributed by atoms with van der Waals surface area (Å²) >= 11 is 15.6. The number of rotatable bonds is 4. The minimum absolute atomic E-state index is 0.189. The van der Waals surface area contributed by atoms with E-state index in [4.69, 9.17) is 23.2 Å². The van der Waals surface area contributed by atoms with Crippen LogP contribution in [0.15, 0.2) is 46.9 Å². The van der Waals surface area contributed by atoms with E-state index in [9.17, 15) is 14.4 Å². The fraction of sp³-hybridized carbons (Fsp3) is 0.318. The van der Waals surface area contributed by atoms with Gasteiger partial charge in [-0.15, -0.1) is 0 Å². The number of nitrogens with one attached hydrogen (secondary N) is 1. The van der Waals surface area contributed by atoms with Gasteiger partial charge in [-0.25, -0.2) is 14.6 Å². The van der Waals surface area contributed by atoms with Gasteiger partial charge in [-0.1, -0.05) is 51.3 Å². The highest BCUT2D eigenvalue weighted by Crippen LogP contribution is 2.37. The van der Waals surface area contributed by atoms with Crippen molar-refractivity contribution in [1.29, 1.82) is 0 Å². The van der Waals surface area contributed by atoms with E-state index in [1.165, 1.54) is 18.2 Å². The molecule has 0 aromatic heterocycles. The molecule has 2 heterocycles. The largest absolute Gasteiger partial charge is 0.339 e. The number of anilines is 1. The summed E-state index contributed by atoms with van der Waals surface area (Å²) < 4.78 is 0.897. The van der Waals surface area contributed by atoms with Crippen molar-refractivity contribution in [2.24, 2.45) is 0 Å². The molecule has 2 aliphatic heterocycles. The third-order valence-corrected chi connectivity index (χ3v) is 6.65.